The van der Waals surface area contributed by atoms with Gasteiger partial charge in [-0.15, -0.1) is 0 Å². The monoisotopic (exact) mass is 354 g/mol. The van der Waals surface area contributed by atoms with Crippen molar-refractivity contribution in [3.8, 4) is 0 Å². The predicted octanol–water partition coefficient (Wildman–Crippen LogP) is 3.42. The smallest absolute Gasteiger partial charge is 0.251 e. The second-order valence-electron chi connectivity index (χ2n) is 6.10. The summed E-state index contributed by atoms with van der Waals surface area (Å²) in [6.07, 6.45) is 5.71. The second kappa shape index (κ2) is 9.67. The molecule has 0 saturated heterocycles. The Morgan fingerprint density at radius 3 is 2.25 bits per heavy atom. The van der Waals surface area contributed by atoms with Crippen LogP contribution in [0, 0.1) is 5.92 Å². The molecule has 0 heterocycles. The lowest BCUT2D eigenvalue weighted by Gasteiger charge is -2.20. The van der Waals surface area contributed by atoms with Crippen LogP contribution in [0.25, 0.3) is 0 Å². The van der Waals surface area contributed by atoms with Crippen LogP contribution in [0.4, 0.5) is 5.69 Å². The lowest BCUT2D eigenvalue weighted by Crippen LogP contribution is -2.30. The molecule has 1 N–H and O–H groups in total. The Labute approximate surface area is 146 Å². The summed E-state index contributed by atoms with van der Waals surface area (Å²) >= 11 is 0. The number of rotatable bonds is 10. The van der Waals surface area contributed by atoms with Gasteiger partial charge in [-0.05, 0) is 43.5 Å². The first-order valence-electron chi connectivity index (χ1n) is 8.69. The van der Waals surface area contributed by atoms with Gasteiger partial charge in [-0.1, -0.05) is 33.1 Å². The van der Waals surface area contributed by atoms with E-state index in [9.17, 15) is 13.2 Å². The van der Waals surface area contributed by atoms with Crippen molar-refractivity contribution in [2.24, 2.45) is 5.92 Å². The molecule has 1 aromatic carbocycles. The van der Waals surface area contributed by atoms with Crippen LogP contribution in [0.3, 0.4) is 0 Å². The van der Waals surface area contributed by atoms with Gasteiger partial charge in [0.05, 0.1) is 11.9 Å². The number of carbonyl (C=O) groups excluding carboxylic acids is 1. The van der Waals surface area contributed by atoms with Gasteiger partial charge in [0.25, 0.3) is 5.91 Å². The molecule has 6 heteroatoms. The van der Waals surface area contributed by atoms with E-state index in [1.807, 2.05) is 0 Å². The SMILES string of the molecule is CCCCC(CC)CNC(=O)c1ccc(N(CC)S(C)(=O)=O)cc1. The standard InChI is InChI=1S/C18H30N2O3S/c1-5-8-9-15(6-2)14-19-18(21)16-10-12-17(13-11-16)20(7-3)24(4,22)23/h10-13,15H,5-9,14H2,1-4H3,(H,19,21). The van der Waals surface area contributed by atoms with Crippen molar-refractivity contribution < 1.29 is 13.2 Å². The minimum atomic E-state index is -3.30. The van der Waals surface area contributed by atoms with Crippen LogP contribution < -0.4 is 9.62 Å². The molecule has 5 nitrogen and oxygen atoms in total. The van der Waals surface area contributed by atoms with Gasteiger partial charge in [-0.3, -0.25) is 9.10 Å². The Bertz CT molecular complexity index is 612. The highest BCUT2D eigenvalue weighted by atomic mass is 32.2. The molecule has 0 aliphatic rings. The number of anilines is 1. The maximum atomic E-state index is 12.2. The third-order valence-corrected chi connectivity index (χ3v) is 5.47. The normalized spacial score (nSPS) is 12.7. The Balaban J connectivity index is 2.70. The topological polar surface area (TPSA) is 66.5 Å². The number of hydrogen-bond donors (Lipinski definition) is 1. The molecular formula is C18H30N2O3S. The maximum Gasteiger partial charge on any atom is 0.251 e. The number of amides is 1. The van der Waals surface area contributed by atoms with Crippen LogP contribution in [-0.2, 0) is 10.0 Å². The van der Waals surface area contributed by atoms with E-state index in [1.165, 1.54) is 23.4 Å². The minimum absolute atomic E-state index is 0.112. The molecule has 0 fully saturated rings. The van der Waals surface area contributed by atoms with Gasteiger partial charge in [-0.2, -0.15) is 0 Å². The van der Waals surface area contributed by atoms with Crippen LogP contribution in [0.5, 0.6) is 0 Å². The summed E-state index contributed by atoms with van der Waals surface area (Å²) in [6, 6.07) is 6.69. The highest BCUT2D eigenvalue weighted by molar-refractivity contribution is 7.92. The van der Waals surface area contributed by atoms with E-state index in [1.54, 1.807) is 31.2 Å². The highest BCUT2D eigenvalue weighted by Crippen LogP contribution is 2.18. The summed E-state index contributed by atoms with van der Waals surface area (Å²) < 4.78 is 24.8. The van der Waals surface area contributed by atoms with E-state index in [0.29, 0.717) is 30.3 Å². The molecule has 0 radical (unpaired) electrons. The van der Waals surface area contributed by atoms with E-state index >= 15 is 0 Å². The third kappa shape index (κ3) is 6.15. The molecule has 1 atom stereocenters. The quantitative estimate of drug-likeness (QED) is 0.700. The van der Waals surface area contributed by atoms with Crippen molar-refractivity contribution in [1.29, 1.82) is 0 Å². The van der Waals surface area contributed by atoms with Crippen LogP contribution in [0.15, 0.2) is 24.3 Å². The Morgan fingerprint density at radius 2 is 1.79 bits per heavy atom. The first-order valence-corrected chi connectivity index (χ1v) is 10.5. The number of unbranched alkanes of at least 4 members (excludes halogenated alkanes) is 1. The maximum absolute atomic E-state index is 12.2. The number of benzene rings is 1. The number of carbonyl (C=O) groups is 1. The summed E-state index contributed by atoms with van der Waals surface area (Å²) in [5.41, 5.74) is 1.12. The fraction of sp³-hybridized carbons (Fsp3) is 0.611. The highest BCUT2D eigenvalue weighted by Gasteiger charge is 2.16. The van der Waals surface area contributed by atoms with E-state index in [0.717, 1.165) is 12.8 Å². The zero-order valence-electron chi connectivity index (χ0n) is 15.2. The molecular weight excluding hydrogens is 324 g/mol. The van der Waals surface area contributed by atoms with E-state index in [4.69, 9.17) is 0 Å². The molecule has 1 aromatic rings. The molecule has 0 saturated carbocycles. The summed E-state index contributed by atoms with van der Waals surface area (Å²) in [5, 5.41) is 2.98. The number of sulfonamides is 1. The van der Waals surface area contributed by atoms with Crippen molar-refractivity contribution in [3.63, 3.8) is 0 Å². The van der Waals surface area contributed by atoms with Crippen LogP contribution in [0.2, 0.25) is 0 Å². The van der Waals surface area contributed by atoms with Crippen LogP contribution >= 0.6 is 0 Å². The van der Waals surface area contributed by atoms with Gasteiger partial charge in [-0.25, -0.2) is 8.42 Å². The predicted molar refractivity (Wildman–Crippen MR) is 99.9 cm³/mol. The average molecular weight is 355 g/mol. The van der Waals surface area contributed by atoms with Crippen LogP contribution in [-0.4, -0.2) is 33.7 Å². The fourth-order valence-electron chi connectivity index (χ4n) is 2.67. The van der Waals surface area contributed by atoms with Gasteiger partial charge in [0.2, 0.25) is 10.0 Å². The summed E-state index contributed by atoms with van der Waals surface area (Å²) in [6.45, 7) is 7.14. The Morgan fingerprint density at radius 1 is 1.17 bits per heavy atom. The van der Waals surface area contributed by atoms with E-state index in [-0.39, 0.29) is 5.91 Å². The molecule has 1 amide bonds. The molecule has 0 aromatic heterocycles. The number of hydrogen-bond acceptors (Lipinski definition) is 3. The number of nitrogens with zero attached hydrogens (tertiary/aromatic N) is 1. The zero-order chi connectivity index (χ0) is 18.2. The molecule has 24 heavy (non-hydrogen) atoms. The van der Waals surface area contributed by atoms with Gasteiger partial charge in [0, 0.05) is 18.7 Å². The minimum Gasteiger partial charge on any atom is -0.352 e. The molecule has 1 unspecified atom stereocenters. The van der Waals surface area contributed by atoms with Gasteiger partial charge < -0.3 is 5.32 Å². The molecule has 0 bridgehead atoms. The van der Waals surface area contributed by atoms with E-state index in [2.05, 4.69) is 19.2 Å². The first-order chi connectivity index (χ1) is 11.3. The van der Waals surface area contributed by atoms with Crippen LogP contribution in [0.1, 0.15) is 56.8 Å². The van der Waals surface area contributed by atoms with Gasteiger partial charge in [0.1, 0.15) is 0 Å². The molecule has 0 aliphatic heterocycles. The van der Waals surface area contributed by atoms with Crippen molar-refractivity contribution in [1.82, 2.24) is 5.32 Å². The van der Waals surface area contributed by atoms with Gasteiger partial charge in [0.15, 0.2) is 0 Å². The average Bonchev–Trinajstić information content (AvgIpc) is 2.54. The van der Waals surface area contributed by atoms with Gasteiger partial charge >= 0.3 is 0 Å². The second-order valence-corrected chi connectivity index (χ2v) is 8.01. The summed E-state index contributed by atoms with van der Waals surface area (Å²) in [7, 11) is -3.30. The Kier molecular flexibility index (Phi) is 8.25. The zero-order valence-corrected chi connectivity index (χ0v) is 16.0. The first kappa shape index (κ1) is 20.5. The van der Waals surface area contributed by atoms with Crippen molar-refractivity contribution in [3.05, 3.63) is 29.8 Å². The largest absolute Gasteiger partial charge is 0.352 e. The lowest BCUT2D eigenvalue weighted by molar-refractivity contribution is 0.0946. The fourth-order valence-corrected chi connectivity index (χ4v) is 3.64. The third-order valence-electron chi connectivity index (χ3n) is 4.20. The molecule has 0 aliphatic carbocycles. The van der Waals surface area contributed by atoms with E-state index < -0.39 is 10.0 Å². The summed E-state index contributed by atoms with van der Waals surface area (Å²) in [4.78, 5) is 12.2. The van der Waals surface area contributed by atoms with Crippen molar-refractivity contribution >= 4 is 21.6 Å². The number of nitrogens with one attached hydrogen (secondary N) is 1. The molecule has 1 rings (SSSR count). The van der Waals surface area contributed by atoms with Crippen molar-refractivity contribution in [2.45, 2.75) is 46.5 Å². The van der Waals surface area contributed by atoms with Crippen molar-refractivity contribution in [2.75, 3.05) is 23.7 Å². The lowest BCUT2D eigenvalue weighted by atomic mass is 9.99. The summed E-state index contributed by atoms with van der Waals surface area (Å²) in [5.74, 6) is 0.396. The molecule has 0 spiro atoms. The Hall–Kier alpha value is -1.56. The molecule has 136 valence electrons.